The van der Waals surface area contributed by atoms with Gasteiger partial charge in [0.2, 0.25) is 0 Å². The standard InChI is InChI=1S/C14H19ClN2O3/c1-14(2,3)11(12(18)20-4)17-13(19)16-10-7-5-9(15)6-8-10/h5-8,11H,1-4H3,(H2,16,17,19)/t11-/m0/s1. The summed E-state index contributed by atoms with van der Waals surface area (Å²) in [6, 6.07) is 5.47. The molecule has 2 N–H and O–H groups in total. The molecule has 0 saturated heterocycles. The van der Waals surface area contributed by atoms with Gasteiger partial charge in [-0.2, -0.15) is 0 Å². The Morgan fingerprint density at radius 1 is 1.20 bits per heavy atom. The molecule has 0 bridgehead atoms. The number of esters is 1. The maximum atomic E-state index is 11.9. The number of ether oxygens (including phenoxy) is 1. The summed E-state index contributed by atoms with van der Waals surface area (Å²) in [7, 11) is 1.29. The molecule has 0 unspecified atom stereocenters. The van der Waals surface area contributed by atoms with Crippen molar-refractivity contribution in [2.75, 3.05) is 12.4 Å². The van der Waals surface area contributed by atoms with Gasteiger partial charge in [0.15, 0.2) is 0 Å². The molecule has 0 aromatic heterocycles. The largest absolute Gasteiger partial charge is 0.467 e. The van der Waals surface area contributed by atoms with Gasteiger partial charge in [0, 0.05) is 10.7 Å². The van der Waals surface area contributed by atoms with Gasteiger partial charge in [0.25, 0.3) is 0 Å². The molecule has 1 rings (SSSR count). The Labute approximate surface area is 123 Å². The third-order valence-electron chi connectivity index (χ3n) is 2.68. The van der Waals surface area contributed by atoms with Crippen molar-refractivity contribution in [1.82, 2.24) is 5.32 Å². The zero-order valence-electron chi connectivity index (χ0n) is 12.0. The molecule has 6 heteroatoms. The van der Waals surface area contributed by atoms with Crippen LogP contribution in [-0.2, 0) is 9.53 Å². The van der Waals surface area contributed by atoms with E-state index in [0.717, 1.165) is 0 Å². The predicted molar refractivity (Wildman–Crippen MR) is 78.9 cm³/mol. The number of halogens is 1. The number of methoxy groups -OCH3 is 1. The van der Waals surface area contributed by atoms with Crippen LogP contribution in [0.1, 0.15) is 20.8 Å². The third-order valence-corrected chi connectivity index (χ3v) is 2.93. The van der Waals surface area contributed by atoms with Gasteiger partial charge in [0.1, 0.15) is 6.04 Å². The number of urea groups is 1. The number of anilines is 1. The van der Waals surface area contributed by atoms with Gasteiger partial charge in [-0.15, -0.1) is 0 Å². The normalized spacial score (nSPS) is 12.4. The minimum absolute atomic E-state index is 0.454. The molecule has 2 amide bonds. The molecule has 1 atom stereocenters. The number of hydrogen-bond donors (Lipinski definition) is 2. The maximum absolute atomic E-state index is 11.9. The van der Waals surface area contributed by atoms with E-state index in [2.05, 4.69) is 10.6 Å². The van der Waals surface area contributed by atoms with Crippen LogP contribution in [0.15, 0.2) is 24.3 Å². The van der Waals surface area contributed by atoms with Gasteiger partial charge in [-0.3, -0.25) is 0 Å². The summed E-state index contributed by atoms with van der Waals surface area (Å²) < 4.78 is 4.71. The molecule has 110 valence electrons. The lowest BCUT2D eigenvalue weighted by Crippen LogP contribution is -2.50. The van der Waals surface area contributed by atoms with Gasteiger partial charge in [-0.05, 0) is 29.7 Å². The first kappa shape index (κ1) is 16.3. The number of benzene rings is 1. The van der Waals surface area contributed by atoms with E-state index in [-0.39, 0.29) is 0 Å². The molecule has 0 radical (unpaired) electrons. The number of nitrogens with one attached hydrogen (secondary N) is 2. The second-order valence-corrected chi connectivity index (χ2v) is 5.86. The van der Waals surface area contributed by atoms with Crippen molar-refractivity contribution >= 4 is 29.3 Å². The molecule has 0 heterocycles. The summed E-state index contributed by atoms with van der Waals surface area (Å²) >= 11 is 5.76. The van der Waals surface area contributed by atoms with Crippen molar-refractivity contribution in [3.05, 3.63) is 29.3 Å². The van der Waals surface area contributed by atoms with E-state index in [0.29, 0.717) is 10.7 Å². The predicted octanol–water partition coefficient (Wildman–Crippen LogP) is 3.05. The molecule has 0 aliphatic carbocycles. The number of hydrogen-bond acceptors (Lipinski definition) is 3. The Balaban J connectivity index is 2.72. The Bertz CT molecular complexity index is 480. The van der Waals surface area contributed by atoms with Crippen LogP contribution in [0.2, 0.25) is 5.02 Å². The van der Waals surface area contributed by atoms with Crippen molar-refractivity contribution in [1.29, 1.82) is 0 Å². The first-order valence-electron chi connectivity index (χ1n) is 6.15. The zero-order chi connectivity index (χ0) is 15.3. The molecule has 1 aromatic carbocycles. The second kappa shape index (κ2) is 6.61. The van der Waals surface area contributed by atoms with Crippen LogP contribution in [0.3, 0.4) is 0 Å². The molecule has 0 aliphatic heterocycles. The van der Waals surface area contributed by atoms with Crippen molar-refractivity contribution in [2.45, 2.75) is 26.8 Å². The highest BCUT2D eigenvalue weighted by Gasteiger charge is 2.33. The number of carbonyl (C=O) groups is 2. The first-order valence-corrected chi connectivity index (χ1v) is 6.52. The highest BCUT2D eigenvalue weighted by atomic mass is 35.5. The van der Waals surface area contributed by atoms with Gasteiger partial charge >= 0.3 is 12.0 Å². The minimum Gasteiger partial charge on any atom is -0.467 e. The summed E-state index contributed by atoms with van der Waals surface area (Å²) in [5.74, 6) is -0.483. The zero-order valence-corrected chi connectivity index (χ0v) is 12.7. The smallest absolute Gasteiger partial charge is 0.328 e. The average molecular weight is 299 g/mol. The lowest BCUT2D eigenvalue weighted by Gasteiger charge is -2.29. The summed E-state index contributed by atoms with van der Waals surface area (Å²) in [6.07, 6.45) is 0. The molecule has 1 aromatic rings. The van der Waals surface area contributed by atoms with E-state index in [1.807, 2.05) is 20.8 Å². The van der Waals surface area contributed by atoms with Crippen LogP contribution in [0.5, 0.6) is 0 Å². The van der Waals surface area contributed by atoms with E-state index in [1.165, 1.54) is 7.11 Å². The fraction of sp³-hybridized carbons (Fsp3) is 0.429. The summed E-state index contributed by atoms with van der Waals surface area (Å²) in [5, 5.41) is 5.83. The van der Waals surface area contributed by atoms with Gasteiger partial charge < -0.3 is 15.4 Å². The number of amides is 2. The van der Waals surface area contributed by atoms with Crippen LogP contribution in [0.4, 0.5) is 10.5 Å². The molecule has 0 aliphatic rings. The van der Waals surface area contributed by atoms with E-state index >= 15 is 0 Å². The fourth-order valence-electron chi connectivity index (χ4n) is 1.58. The van der Waals surface area contributed by atoms with Gasteiger partial charge in [-0.25, -0.2) is 9.59 Å². The SMILES string of the molecule is COC(=O)[C@H](NC(=O)Nc1ccc(Cl)cc1)C(C)(C)C. The van der Waals surface area contributed by atoms with Crippen LogP contribution in [0, 0.1) is 5.41 Å². The maximum Gasteiger partial charge on any atom is 0.328 e. The molecular formula is C14H19ClN2O3. The number of rotatable bonds is 3. The van der Waals surface area contributed by atoms with Crippen LogP contribution >= 0.6 is 11.6 Å². The van der Waals surface area contributed by atoms with Crippen LogP contribution < -0.4 is 10.6 Å². The second-order valence-electron chi connectivity index (χ2n) is 5.43. The Morgan fingerprint density at radius 2 is 1.75 bits per heavy atom. The van der Waals surface area contributed by atoms with E-state index in [1.54, 1.807) is 24.3 Å². The Hall–Kier alpha value is -1.75. The van der Waals surface area contributed by atoms with E-state index < -0.39 is 23.5 Å². The molecule has 0 fully saturated rings. The van der Waals surface area contributed by atoms with Crippen LogP contribution in [0.25, 0.3) is 0 Å². The highest BCUT2D eigenvalue weighted by molar-refractivity contribution is 6.30. The molecule has 5 nitrogen and oxygen atoms in total. The van der Waals surface area contributed by atoms with Crippen molar-refractivity contribution in [3.63, 3.8) is 0 Å². The average Bonchev–Trinajstić information content (AvgIpc) is 2.36. The number of carbonyl (C=O) groups excluding carboxylic acids is 2. The molecular weight excluding hydrogens is 280 g/mol. The molecule has 0 saturated carbocycles. The summed E-state index contributed by atoms with van der Waals surface area (Å²) in [6.45, 7) is 5.53. The Kier molecular flexibility index (Phi) is 5.39. The first-order chi connectivity index (χ1) is 9.24. The van der Waals surface area contributed by atoms with Crippen molar-refractivity contribution in [2.24, 2.45) is 5.41 Å². The van der Waals surface area contributed by atoms with Crippen LogP contribution in [-0.4, -0.2) is 25.2 Å². The quantitative estimate of drug-likeness (QED) is 0.843. The van der Waals surface area contributed by atoms with E-state index in [9.17, 15) is 9.59 Å². The molecule has 20 heavy (non-hydrogen) atoms. The summed E-state index contributed by atoms with van der Waals surface area (Å²) in [4.78, 5) is 23.6. The fourth-order valence-corrected chi connectivity index (χ4v) is 1.70. The Morgan fingerprint density at radius 3 is 2.20 bits per heavy atom. The molecule has 0 spiro atoms. The lowest BCUT2D eigenvalue weighted by atomic mass is 9.87. The lowest BCUT2D eigenvalue weighted by molar-refractivity contribution is -0.145. The van der Waals surface area contributed by atoms with Gasteiger partial charge in [0.05, 0.1) is 7.11 Å². The minimum atomic E-state index is -0.736. The van der Waals surface area contributed by atoms with Crippen molar-refractivity contribution < 1.29 is 14.3 Å². The monoisotopic (exact) mass is 298 g/mol. The third kappa shape index (κ3) is 4.74. The topological polar surface area (TPSA) is 67.4 Å². The van der Waals surface area contributed by atoms with Gasteiger partial charge in [-0.1, -0.05) is 32.4 Å². The van der Waals surface area contributed by atoms with E-state index in [4.69, 9.17) is 16.3 Å². The highest BCUT2D eigenvalue weighted by Crippen LogP contribution is 2.20. The van der Waals surface area contributed by atoms with Crippen molar-refractivity contribution in [3.8, 4) is 0 Å². The summed E-state index contributed by atoms with van der Waals surface area (Å²) in [5.41, 5.74) is 0.133.